The molecular formula is C20H25N3O3. The van der Waals surface area contributed by atoms with E-state index < -0.39 is 0 Å². The molecule has 0 unspecified atom stereocenters. The van der Waals surface area contributed by atoms with Gasteiger partial charge in [-0.05, 0) is 26.2 Å². The van der Waals surface area contributed by atoms with E-state index in [1.807, 2.05) is 35.2 Å². The predicted octanol–water partition coefficient (Wildman–Crippen LogP) is 3.17. The van der Waals surface area contributed by atoms with Gasteiger partial charge in [0.1, 0.15) is 17.0 Å². The second kappa shape index (κ2) is 8.65. The van der Waals surface area contributed by atoms with Gasteiger partial charge in [0, 0.05) is 31.6 Å². The Labute approximate surface area is 153 Å². The molecule has 138 valence electrons. The first kappa shape index (κ1) is 18.2. The van der Waals surface area contributed by atoms with Gasteiger partial charge in [-0.3, -0.25) is 9.59 Å². The Bertz CT molecular complexity index is 755. The lowest BCUT2D eigenvalue weighted by Gasteiger charge is -2.20. The van der Waals surface area contributed by atoms with Crippen LogP contribution < -0.4 is 5.32 Å². The van der Waals surface area contributed by atoms with E-state index in [0.717, 1.165) is 37.8 Å². The van der Waals surface area contributed by atoms with E-state index in [0.29, 0.717) is 36.5 Å². The molecule has 1 N–H and O–H groups in total. The number of amides is 2. The van der Waals surface area contributed by atoms with Crippen molar-refractivity contribution in [3.05, 3.63) is 41.7 Å². The summed E-state index contributed by atoms with van der Waals surface area (Å²) in [6.45, 7) is 3.77. The average Bonchev–Trinajstić information content (AvgIpc) is 2.92. The van der Waals surface area contributed by atoms with Crippen molar-refractivity contribution in [1.29, 1.82) is 0 Å². The van der Waals surface area contributed by atoms with Crippen LogP contribution in [0.15, 0.2) is 34.9 Å². The molecule has 1 saturated heterocycles. The normalized spacial score (nSPS) is 15.0. The molecule has 0 bridgehead atoms. The first-order valence-corrected chi connectivity index (χ1v) is 9.24. The van der Waals surface area contributed by atoms with Crippen molar-refractivity contribution in [2.75, 3.05) is 19.6 Å². The summed E-state index contributed by atoms with van der Waals surface area (Å²) < 4.78 is 5.24. The Morgan fingerprint density at radius 2 is 2.04 bits per heavy atom. The molecule has 26 heavy (non-hydrogen) atoms. The molecule has 2 aromatic rings. The van der Waals surface area contributed by atoms with Gasteiger partial charge in [0.2, 0.25) is 5.91 Å². The highest BCUT2D eigenvalue weighted by Crippen LogP contribution is 2.24. The maximum absolute atomic E-state index is 12.6. The maximum atomic E-state index is 12.6. The van der Waals surface area contributed by atoms with Gasteiger partial charge in [-0.1, -0.05) is 41.9 Å². The Morgan fingerprint density at radius 3 is 2.85 bits per heavy atom. The number of hydrogen-bond donors (Lipinski definition) is 1. The summed E-state index contributed by atoms with van der Waals surface area (Å²) in [7, 11) is 0. The molecule has 0 saturated carbocycles. The predicted molar refractivity (Wildman–Crippen MR) is 98.7 cm³/mol. The van der Waals surface area contributed by atoms with Crippen LogP contribution in [-0.4, -0.2) is 41.5 Å². The number of likely N-dealkylation sites (tertiary alicyclic amines) is 1. The number of carbonyl (C=O) groups excluding carboxylic acids is 2. The second-order valence-electron chi connectivity index (χ2n) is 6.63. The van der Waals surface area contributed by atoms with Crippen LogP contribution in [0.4, 0.5) is 0 Å². The maximum Gasteiger partial charge on any atom is 0.257 e. The Morgan fingerprint density at radius 1 is 1.23 bits per heavy atom. The third-order valence-corrected chi connectivity index (χ3v) is 4.70. The van der Waals surface area contributed by atoms with Crippen molar-refractivity contribution in [1.82, 2.24) is 15.4 Å². The number of aryl methyl sites for hydroxylation is 1. The summed E-state index contributed by atoms with van der Waals surface area (Å²) in [6.07, 6.45) is 4.56. The third-order valence-electron chi connectivity index (χ3n) is 4.70. The number of hydrogen-bond acceptors (Lipinski definition) is 4. The molecule has 1 aliphatic rings. The third kappa shape index (κ3) is 4.31. The number of aromatic nitrogens is 1. The van der Waals surface area contributed by atoms with Crippen LogP contribution in [0.2, 0.25) is 0 Å². The topological polar surface area (TPSA) is 75.4 Å². The summed E-state index contributed by atoms with van der Waals surface area (Å²) >= 11 is 0. The molecule has 2 heterocycles. The minimum absolute atomic E-state index is 0.190. The van der Waals surface area contributed by atoms with Crippen LogP contribution in [0.3, 0.4) is 0 Å². The molecule has 3 rings (SSSR count). The van der Waals surface area contributed by atoms with Crippen molar-refractivity contribution in [2.45, 2.75) is 39.0 Å². The fourth-order valence-corrected chi connectivity index (χ4v) is 3.27. The van der Waals surface area contributed by atoms with E-state index in [2.05, 4.69) is 10.5 Å². The molecule has 0 atom stereocenters. The van der Waals surface area contributed by atoms with Crippen molar-refractivity contribution >= 4 is 11.8 Å². The molecular weight excluding hydrogens is 330 g/mol. The van der Waals surface area contributed by atoms with Gasteiger partial charge in [0.05, 0.1) is 0 Å². The number of rotatable bonds is 6. The second-order valence-corrected chi connectivity index (χ2v) is 6.63. The fourth-order valence-electron chi connectivity index (χ4n) is 3.27. The van der Waals surface area contributed by atoms with Gasteiger partial charge < -0.3 is 14.7 Å². The smallest absolute Gasteiger partial charge is 0.257 e. The molecule has 0 radical (unpaired) electrons. The highest BCUT2D eigenvalue weighted by molar-refractivity contribution is 6.00. The first-order chi connectivity index (χ1) is 12.7. The molecule has 1 aromatic carbocycles. The minimum Gasteiger partial charge on any atom is -0.360 e. The van der Waals surface area contributed by atoms with Gasteiger partial charge in [-0.2, -0.15) is 0 Å². The minimum atomic E-state index is -0.190. The van der Waals surface area contributed by atoms with Gasteiger partial charge >= 0.3 is 0 Å². The van der Waals surface area contributed by atoms with Crippen LogP contribution in [0.25, 0.3) is 11.3 Å². The lowest BCUT2D eigenvalue weighted by atomic mass is 10.1. The fraction of sp³-hybridized carbons (Fsp3) is 0.450. The van der Waals surface area contributed by atoms with E-state index in [9.17, 15) is 9.59 Å². The zero-order valence-electron chi connectivity index (χ0n) is 15.2. The van der Waals surface area contributed by atoms with E-state index in [1.165, 1.54) is 0 Å². The van der Waals surface area contributed by atoms with Crippen molar-refractivity contribution in [2.24, 2.45) is 0 Å². The largest absolute Gasteiger partial charge is 0.360 e. The average molecular weight is 355 g/mol. The number of carbonyl (C=O) groups is 2. The molecule has 0 aliphatic carbocycles. The van der Waals surface area contributed by atoms with Crippen LogP contribution in [0.5, 0.6) is 0 Å². The molecule has 0 spiro atoms. The highest BCUT2D eigenvalue weighted by Gasteiger charge is 2.21. The Hall–Kier alpha value is -2.63. The highest BCUT2D eigenvalue weighted by atomic mass is 16.5. The standard InChI is InChI=1S/C20H25N3O3/c1-15-18(19(22-26-15)16-9-4-2-5-10-16)20(25)21-12-8-14-23-13-7-3-6-11-17(23)24/h2,4-5,9-10H,3,6-8,11-14H2,1H3,(H,21,25). The zero-order valence-corrected chi connectivity index (χ0v) is 15.2. The van der Waals surface area contributed by atoms with Crippen LogP contribution in [0, 0.1) is 6.92 Å². The van der Waals surface area contributed by atoms with Gasteiger partial charge in [-0.25, -0.2) is 0 Å². The van der Waals surface area contributed by atoms with Crippen LogP contribution in [0.1, 0.15) is 48.2 Å². The molecule has 6 heteroatoms. The van der Waals surface area contributed by atoms with Gasteiger partial charge in [-0.15, -0.1) is 0 Å². The lowest BCUT2D eigenvalue weighted by Crippen LogP contribution is -2.34. The summed E-state index contributed by atoms with van der Waals surface area (Å²) in [5.74, 6) is 0.545. The van der Waals surface area contributed by atoms with E-state index in [-0.39, 0.29) is 11.8 Å². The SMILES string of the molecule is Cc1onc(-c2ccccc2)c1C(=O)NCCCN1CCCCCC1=O. The lowest BCUT2D eigenvalue weighted by molar-refractivity contribution is -0.130. The summed E-state index contributed by atoms with van der Waals surface area (Å²) in [5.41, 5.74) is 1.88. The molecule has 6 nitrogen and oxygen atoms in total. The van der Waals surface area contributed by atoms with Crippen LogP contribution in [-0.2, 0) is 4.79 Å². The van der Waals surface area contributed by atoms with E-state index in [4.69, 9.17) is 4.52 Å². The molecule has 1 aliphatic heterocycles. The summed E-state index contributed by atoms with van der Waals surface area (Å²) in [5, 5.41) is 6.97. The summed E-state index contributed by atoms with van der Waals surface area (Å²) in [6, 6.07) is 9.52. The van der Waals surface area contributed by atoms with Crippen molar-refractivity contribution in [3.8, 4) is 11.3 Å². The summed E-state index contributed by atoms with van der Waals surface area (Å²) in [4.78, 5) is 26.5. The Kier molecular flexibility index (Phi) is 6.04. The van der Waals surface area contributed by atoms with Crippen molar-refractivity contribution < 1.29 is 14.1 Å². The number of nitrogens with one attached hydrogen (secondary N) is 1. The quantitative estimate of drug-likeness (QED) is 0.808. The zero-order chi connectivity index (χ0) is 18.4. The first-order valence-electron chi connectivity index (χ1n) is 9.24. The molecule has 2 amide bonds. The molecule has 1 aromatic heterocycles. The van der Waals surface area contributed by atoms with Gasteiger partial charge in [0.15, 0.2) is 0 Å². The van der Waals surface area contributed by atoms with E-state index in [1.54, 1.807) is 6.92 Å². The Balaban J connectivity index is 1.56. The monoisotopic (exact) mass is 355 g/mol. The number of nitrogens with zero attached hydrogens (tertiary/aromatic N) is 2. The van der Waals surface area contributed by atoms with Crippen molar-refractivity contribution in [3.63, 3.8) is 0 Å². The number of benzene rings is 1. The van der Waals surface area contributed by atoms with Gasteiger partial charge in [0.25, 0.3) is 5.91 Å². The van der Waals surface area contributed by atoms with E-state index >= 15 is 0 Å². The van der Waals surface area contributed by atoms with Crippen LogP contribution >= 0.6 is 0 Å². The molecule has 1 fully saturated rings.